The number of nitrogens with one attached hydrogen (secondary N) is 1. The Morgan fingerprint density at radius 2 is 2.13 bits per heavy atom. The van der Waals surface area contributed by atoms with E-state index in [1.165, 1.54) is 17.2 Å². The van der Waals surface area contributed by atoms with Gasteiger partial charge in [-0.3, -0.25) is 19.8 Å². The number of methoxy groups -OCH3 is 1. The topological polar surface area (TPSA) is 147 Å². The van der Waals surface area contributed by atoms with E-state index in [0.717, 1.165) is 12.0 Å². The lowest BCUT2D eigenvalue weighted by molar-refractivity contribution is -0.131. The Balaban J connectivity index is 1.35. The van der Waals surface area contributed by atoms with E-state index in [1.807, 2.05) is 19.1 Å². The van der Waals surface area contributed by atoms with E-state index >= 15 is 0 Å². The van der Waals surface area contributed by atoms with Crippen molar-refractivity contribution in [1.29, 1.82) is 5.26 Å². The number of anilines is 2. The maximum absolute atomic E-state index is 13.3. The molecule has 3 atom stereocenters. The second kappa shape index (κ2) is 11.3. The van der Waals surface area contributed by atoms with Crippen LogP contribution < -0.4 is 15.0 Å². The molecule has 0 aromatic carbocycles. The number of carbonyl (C=O) groups excluding carboxylic acids is 3. The zero-order valence-electron chi connectivity index (χ0n) is 21.9. The monoisotopic (exact) mass is 534 g/mol. The van der Waals surface area contributed by atoms with E-state index in [2.05, 4.69) is 15.3 Å². The van der Waals surface area contributed by atoms with Gasteiger partial charge < -0.3 is 19.1 Å². The summed E-state index contributed by atoms with van der Waals surface area (Å²) in [6.45, 7) is 3.97. The van der Waals surface area contributed by atoms with Gasteiger partial charge in [-0.05, 0) is 30.9 Å². The van der Waals surface area contributed by atoms with Crippen LogP contribution in [0.1, 0.15) is 46.9 Å². The standard InChI is InChI=1S/C27H30N6O6/c1-16-5-7-32(26(16)35)12-18-8-17-4-3-6-33(25(17)30-20(18)13-34)27(36)31-24-9-21(19(10-28)11-29-24)39-23-15-38-14-22(23)37-2/h8-9,11,13,16,22-23H,3-7,12,14-15H2,1-2H3,(H,29,31,36)/t16-,22-,23-/m1/s1. The molecule has 39 heavy (non-hydrogen) atoms. The molecule has 3 aliphatic rings. The second-order valence-corrected chi connectivity index (χ2v) is 9.91. The first-order valence-electron chi connectivity index (χ1n) is 12.9. The number of fused-ring (bicyclic) bond motifs is 1. The highest BCUT2D eigenvalue weighted by molar-refractivity contribution is 6.01. The minimum absolute atomic E-state index is 0.0240. The number of urea groups is 1. The van der Waals surface area contributed by atoms with Crippen LogP contribution in [-0.4, -0.2) is 78.7 Å². The molecule has 2 fully saturated rings. The zero-order valence-corrected chi connectivity index (χ0v) is 21.9. The van der Waals surface area contributed by atoms with Crippen LogP contribution in [0.25, 0.3) is 0 Å². The fourth-order valence-corrected chi connectivity index (χ4v) is 5.11. The molecule has 0 aliphatic carbocycles. The van der Waals surface area contributed by atoms with Crippen LogP contribution in [0.2, 0.25) is 0 Å². The average Bonchev–Trinajstić information content (AvgIpc) is 3.53. The van der Waals surface area contributed by atoms with Crippen molar-refractivity contribution in [3.8, 4) is 11.8 Å². The first-order valence-corrected chi connectivity index (χ1v) is 12.9. The Morgan fingerprint density at radius 3 is 2.85 bits per heavy atom. The molecule has 5 heterocycles. The van der Waals surface area contributed by atoms with Crippen molar-refractivity contribution >= 4 is 29.9 Å². The number of carbonyl (C=O) groups is 3. The first kappa shape index (κ1) is 26.5. The molecule has 0 spiro atoms. The Labute approximate surface area is 225 Å². The van der Waals surface area contributed by atoms with Gasteiger partial charge in [0, 0.05) is 44.3 Å². The highest BCUT2D eigenvalue weighted by Gasteiger charge is 2.32. The number of hydrogen-bond donors (Lipinski definition) is 1. The van der Waals surface area contributed by atoms with Gasteiger partial charge in [-0.2, -0.15) is 5.26 Å². The van der Waals surface area contributed by atoms with Crippen molar-refractivity contribution in [2.24, 2.45) is 5.92 Å². The lowest BCUT2D eigenvalue weighted by Gasteiger charge is -2.29. The Kier molecular flexibility index (Phi) is 7.72. The molecular formula is C27H30N6O6. The SMILES string of the molecule is CO[C@@H]1COC[C@H]1Oc1cc(NC(=O)N2CCCc3cc(CN4CC[C@@H](C)C4=O)c(C=O)nc32)ncc1C#N. The zero-order chi connectivity index (χ0) is 27.5. The lowest BCUT2D eigenvalue weighted by Crippen LogP contribution is -2.40. The summed E-state index contributed by atoms with van der Waals surface area (Å²) in [5, 5.41) is 12.3. The molecule has 0 radical (unpaired) electrons. The molecule has 12 heteroatoms. The maximum Gasteiger partial charge on any atom is 0.328 e. The molecule has 3 amide bonds. The normalized spacial score (nSPS) is 22.4. The van der Waals surface area contributed by atoms with E-state index in [9.17, 15) is 19.6 Å². The Morgan fingerprint density at radius 1 is 1.31 bits per heavy atom. The summed E-state index contributed by atoms with van der Waals surface area (Å²) in [5.41, 5.74) is 1.93. The molecular weight excluding hydrogens is 504 g/mol. The van der Waals surface area contributed by atoms with Crippen molar-refractivity contribution in [3.63, 3.8) is 0 Å². The lowest BCUT2D eigenvalue weighted by atomic mass is 10.0. The fourth-order valence-electron chi connectivity index (χ4n) is 5.11. The smallest absolute Gasteiger partial charge is 0.328 e. The van der Waals surface area contributed by atoms with Gasteiger partial charge in [0.25, 0.3) is 0 Å². The summed E-state index contributed by atoms with van der Waals surface area (Å²) in [6.07, 6.45) is 3.51. The van der Waals surface area contributed by atoms with E-state index in [0.29, 0.717) is 63.4 Å². The van der Waals surface area contributed by atoms with Gasteiger partial charge in [0.15, 0.2) is 12.4 Å². The number of rotatable bonds is 7. The Bertz CT molecular complexity index is 1330. The predicted octanol–water partition coefficient (Wildman–Crippen LogP) is 2.31. The summed E-state index contributed by atoms with van der Waals surface area (Å²) in [7, 11) is 1.56. The number of ether oxygens (including phenoxy) is 3. The number of nitrogens with zero attached hydrogens (tertiary/aromatic N) is 5. The number of aromatic nitrogens is 2. The molecule has 2 aromatic heterocycles. The van der Waals surface area contributed by atoms with Crippen LogP contribution in [0.3, 0.4) is 0 Å². The number of nitriles is 1. The first-order chi connectivity index (χ1) is 18.9. The van der Waals surface area contributed by atoms with Crippen LogP contribution in [0.15, 0.2) is 18.3 Å². The molecule has 0 unspecified atom stereocenters. The highest BCUT2D eigenvalue weighted by atomic mass is 16.6. The third-order valence-corrected chi connectivity index (χ3v) is 7.34. The van der Waals surface area contributed by atoms with E-state index in [1.54, 1.807) is 12.0 Å². The molecule has 204 valence electrons. The van der Waals surface area contributed by atoms with Crippen LogP contribution in [-0.2, 0) is 27.2 Å². The molecule has 12 nitrogen and oxygen atoms in total. The molecule has 5 rings (SSSR count). The van der Waals surface area contributed by atoms with Gasteiger partial charge in [-0.25, -0.2) is 14.8 Å². The molecule has 2 aromatic rings. The van der Waals surface area contributed by atoms with Crippen LogP contribution in [0.4, 0.5) is 16.4 Å². The van der Waals surface area contributed by atoms with E-state index in [-0.39, 0.29) is 40.8 Å². The highest BCUT2D eigenvalue weighted by Crippen LogP contribution is 2.30. The van der Waals surface area contributed by atoms with Crippen LogP contribution in [0.5, 0.6) is 5.75 Å². The van der Waals surface area contributed by atoms with Crippen molar-refractivity contribution in [2.45, 2.75) is 44.9 Å². The van der Waals surface area contributed by atoms with Gasteiger partial charge in [0.1, 0.15) is 40.8 Å². The number of pyridine rings is 2. The van der Waals surface area contributed by atoms with Crippen molar-refractivity contribution in [3.05, 3.63) is 40.7 Å². The summed E-state index contributed by atoms with van der Waals surface area (Å²) < 4.78 is 16.8. The van der Waals surface area contributed by atoms with Gasteiger partial charge >= 0.3 is 6.03 Å². The number of likely N-dealkylation sites (tertiary alicyclic amines) is 1. The molecule has 0 bridgehead atoms. The summed E-state index contributed by atoms with van der Waals surface area (Å²) in [5.74, 6) is 0.909. The summed E-state index contributed by atoms with van der Waals surface area (Å²) >= 11 is 0. The third kappa shape index (κ3) is 5.41. The average molecular weight is 535 g/mol. The molecule has 2 saturated heterocycles. The van der Waals surface area contributed by atoms with Gasteiger partial charge in [0.2, 0.25) is 5.91 Å². The third-order valence-electron chi connectivity index (χ3n) is 7.34. The van der Waals surface area contributed by atoms with Crippen molar-refractivity contribution in [1.82, 2.24) is 14.9 Å². The van der Waals surface area contributed by atoms with Crippen LogP contribution >= 0.6 is 0 Å². The van der Waals surface area contributed by atoms with E-state index < -0.39 is 12.1 Å². The predicted molar refractivity (Wildman–Crippen MR) is 138 cm³/mol. The molecule has 1 N–H and O–H groups in total. The quantitative estimate of drug-likeness (QED) is 0.529. The van der Waals surface area contributed by atoms with Crippen molar-refractivity contribution in [2.75, 3.05) is 43.6 Å². The van der Waals surface area contributed by atoms with Crippen molar-refractivity contribution < 1.29 is 28.6 Å². The summed E-state index contributed by atoms with van der Waals surface area (Å²) in [6, 6.07) is 4.95. The molecule has 3 aliphatic heterocycles. The number of aldehydes is 1. The largest absolute Gasteiger partial charge is 0.484 e. The molecule has 0 saturated carbocycles. The van der Waals surface area contributed by atoms with E-state index in [4.69, 9.17) is 14.2 Å². The minimum Gasteiger partial charge on any atom is -0.484 e. The van der Waals surface area contributed by atoms with Gasteiger partial charge in [-0.15, -0.1) is 0 Å². The minimum atomic E-state index is -0.473. The van der Waals surface area contributed by atoms with Crippen LogP contribution in [0, 0.1) is 17.2 Å². The maximum atomic E-state index is 13.3. The number of amides is 3. The number of hydrogen-bond acceptors (Lipinski definition) is 9. The second-order valence-electron chi connectivity index (χ2n) is 9.91. The fraction of sp³-hybridized carbons (Fsp3) is 0.481. The number of aryl methyl sites for hydroxylation is 1. The Hall–Kier alpha value is -4.08. The van der Waals surface area contributed by atoms with Gasteiger partial charge in [-0.1, -0.05) is 6.92 Å². The summed E-state index contributed by atoms with van der Waals surface area (Å²) in [4.78, 5) is 49.6. The van der Waals surface area contributed by atoms with Gasteiger partial charge in [0.05, 0.1) is 19.4 Å².